The number of hydrogen-bond donors (Lipinski definition) is 1. The standard InChI is InChI=1S/C18H27BrN2O4S/c1-18(2,3)25-17(22)20-12-16-6-4-5-11-21(16)26(23,24)13-14-7-9-15(19)10-8-14/h7-10,16H,4-6,11-13H2,1-3H3,(H,20,22)/t16-/m1/s1. The van der Waals surface area contributed by atoms with Gasteiger partial charge in [0, 0.05) is 23.6 Å². The SMILES string of the molecule is CC(C)(C)OC(=O)NC[C@H]1CCCCN1S(=O)(=O)Cc1ccc(Br)cc1. The van der Waals surface area contributed by atoms with E-state index in [0.717, 1.165) is 29.3 Å². The zero-order valence-electron chi connectivity index (χ0n) is 15.5. The summed E-state index contributed by atoms with van der Waals surface area (Å²) in [5.74, 6) is -0.0385. The van der Waals surface area contributed by atoms with Crippen LogP contribution in [0.2, 0.25) is 0 Å². The number of ether oxygens (including phenoxy) is 1. The van der Waals surface area contributed by atoms with Gasteiger partial charge >= 0.3 is 6.09 Å². The summed E-state index contributed by atoms with van der Waals surface area (Å²) in [5, 5.41) is 2.71. The Kier molecular flexibility index (Phi) is 7.10. The highest BCUT2D eigenvalue weighted by molar-refractivity contribution is 9.10. The maximum atomic E-state index is 12.9. The first kappa shape index (κ1) is 21.2. The summed E-state index contributed by atoms with van der Waals surface area (Å²) in [7, 11) is -3.46. The average molecular weight is 447 g/mol. The third kappa shape index (κ3) is 6.55. The highest BCUT2D eigenvalue weighted by Crippen LogP contribution is 2.23. The van der Waals surface area contributed by atoms with Crippen LogP contribution in [0.25, 0.3) is 0 Å². The second-order valence-electron chi connectivity index (χ2n) is 7.53. The zero-order valence-corrected chi connectivity index (χ0v) is 17.9. The van der Waals surface area contributed by atoms with E-state index in [1.165, 1.54) is 4.31 Å². The molecule has 2 rings (SSSR count). The summed E-state index contributed by atoms with van der Waals surface area (Å²) in [6.45, 7) is 6.13. The fraction of sp³-hybridized carbons (Fsp3) is 0.611. The van der Waals surface area contributed by atoms with Gasteiger partial charge in [-0.05, 0) is 51.3 Å². The fourth-order valence-electron chi connectivity index (χ4n) is 2.93. The molecule has 1 fully saturated rings. The Morgan fingerprint density at radius 2 is 1.92 bits per heavy atom. The minimum atomic E-state index is -3.46. The number of hydrogen-bond acceptors (Lipinski definition) is 4. The van der Waals surface area contributed by atoms with E-state index in [0.29, 0.717) is 6.54 Å². The normalized spacial score (nSPS) is 19.2. The number of rotatable bonds is 5. The summed E-state index contributed by atoms with van der Waals surface area (Å²) in [4.78, 5) is 11.9. The van der Waals surface area contributed by atoms with Gasteiger partial charge in [-0.3, -0.25) is 0 Å². The summed E-state index contributed by atoms with van der Waals surface area (Å²) in [5.41, 5.74) is 0.168. The highest BCUT2D eigenvalue weighted by Gasteiger charge is 2.32. The van der Waals surface area contributed by atoms with E-state index in [4.69, 9.17) is 4.74 Å². The maximum absolute atomic E-state index is 12.9. The molecule has 0 radical (unpaired) electrons. The van der Waals surface area contributed by atoms with Crippen molar-refractivity contribution < 1.29 is 17.9 Å². The molecule has 146 valence electrons. The Bertz CT molecular complexity index is 714. The first-order valence-corrected chi connectivity index (χ1v) is 11.2. The Balaban J connectivity index is 2.02. The van der Waals surface area contributed by atoms with Gasteiger partial charge in [-0.25, -0.2) is 13.2 Å². The van der Waals surface area contributed by atoms with Crippen molar-refractivity contribution in [2.75, 3.05) is 13.1 Å². The second kappa shape index (κ2) is 8.71. The van der Waals surface area contributed by atoms with Crippen LogP contribution in [-0.2, 0) is 20.5 Å². The van der Waals surface area contributed by atoms with Crippen LogP contribution in [0, 0.1) is 0 Å². The number of sulfonamides is 1. The molecule has 1 aromatic carbocycles. The predicted molar refractivity (Wildman–Crippen MR) is 105 cm³/mol. The second-order valence-corrected chi connectivity index (χ2v) is 10.4. The molecule has 0 bridgehead atoms. The van der Waals surface area contributed by atoms with Crippen LogP contribution in [-0.4, -0.2) is 43.5 Å². The van der Waals surface area contributed by atoms with Gasteiger partial charge in [-0.1, -0.05) is 34.5 Å². The van der Waals surface area contributed by atoms with E-state index in [-0.39, 0.29) is 18.3 Å². The quantitative estimate of drug-likeness (QED) is 0.748. The van der Waals surface area contributed by atoms with Crippen LogP contribution in [0.15, 0.2) is 28.7 Å². The highest BCUT2D eigenvalue weighted by atomic mass is 79.9. The predicted octanol–water partition coefficient (Wildman–Crippen LogP) is 3.66. The van der Waals surface area contributed by atoms with Gasteiger partial charge in [0.15, 0.2) is 0 Å². The van der Waals surface area contributed by atoms with Crippen LogP contribution in [0.3, 0.4) is 0 Å². The average Bonchev–Trinajstić information content (AvgIpc) is 2.53. The molecule has 6 nitrogen and oxygen atoms in total. The van der Waals surface area contributed by atoms with E-state index in [1.54, 1.807) is 32.9 Å². The number of amides is 1. The molecule has 26 heavy (non-hydrogen) atoms. The minimum absolute atomic E-state index is 0.0385. The summed E-state index contributed by atoms with van der Waals surface area (Å²) < 4.78 is 33.5. The lowest BCUT2D eigenvalue weighted by Crippen LogP contribution is -2.50. The lowest BCUT2D eigenvalue weighted by molar-refractivity contribution is 0.0512. The van der Waals surface area contributed by atoms with Gasteiger partial charge in [0.1, 0.15) is 5.60 Å². The maximum Gasteiger partial charge on any atom is 0.407 e. The molecule has 1 aliphatic rings. The molecule has 1 N–H and O–H groups in total. The number of nitrogens with one attached hydrogen (secondary N) is 1. The smallest absolute Gasteiger partial charge is 0.407 e. The van der Waals surface area contributed by atoms with Crippen LogP contribution in [0.1, 0.15) is 45.6 Å². The van der Waals surface area contributed by atoms with Crippen molar-refractivity contribution in [2.24, 2.45) is 0 Å². The number of halogens is 1. The fourth-order valence-corrected chi connectivity index (χ4v) is 5.02. The van der Waals surface area contributed by atoms with Crippen LogP contribution >= 0.6 is 15.9 Å². The van der Waals surface area contributed by atoms with Crippen molar-refractivity contribution in [3.8, 4) is 0 Å². The van der Waals surface area contributed by atoms with Crippen LogP contribution < -0.4 is 5.32 Å². The summed E-state index contributed by atoms with van der Waals surface area (Å²) >= 11 is 3.35. The summed E-state index contributed by atoms with van der Waals surface area (Å²) in [6, 6.07) is 7.04. The van der Waals surface area contributed by atoms with Crippen molar-refractivity contribution >= 4 is 32.0 Å². The van der Waals surface area contributed by atoms with E-state index >= 15 is 0 Å². The largest absolute Gasteiger partial charge is 0.444 e. The number of carbonyl (C=O) groups excluding carboxylic acids is 1. The number of nitrogens with zero attached hydrogens (tertiary/aromatic N) is 1. The Morgan fingerprint density at radius 1 is 1.27 bits per heavy atom. The van der Waals surface area contributed by atoms with E-state index in [1.807, 2.05) is 12.1 Å². The number of carbonyl (C=O) groups is 1. The van der Waals surface area contributed by atoms with Gasteiger partial charge in [0.05, 0.1) is 5.75 Å². The van der Waals surface area contributed by atoms with Crippen molar-refractivity contribution in [3.63, 3.8) is 0 Å². The van der Waals surface area contributed by atoms with Gasteiger partial charge in [-0.2, -0.15) is 4.31 Å². The Hall–Kier alpha value is -1.12. The van der Waals surface area contributed by atoms with Gasteiger partial charge in [0.2, 0.25) is 10.0 Å². The monoisotopic (exact) mass is 446 g/mol. The molecule has 0 spiro atoms. The van der Waals surface area contributed by atoms with Crippen LogP contribution in [0.5, 0.6) is 0 Å². The molecule has 0 aromatic heterocycles. The minimum Gasteiger partial charge on any atom is -0.444 e. The zero-order chi connectivity index (χ0) is 19.4. The van der Waals surface area contributed by atoms with Gasteiger partial charge in [0.25, 0.3) is 0 Å². The molecule has 1 atom stereocenters. The number of benzene rings is 1. The number of alkyl carbamates (subject to hydrolysis) is 1. The molecule has 1 heterocycles. The lowest BCUT2D eigenvalue weighted by Gasteiger charge is -2.35. The lowest BCUT2D eigenvalue weighted by atomic mass is 10.1. The molecule has 0 unspecified atom stereocenters. The Labute approximate surface area is 164 Å². The molecule has 1 amide bonds. The van der Waals surface area contributed by atoms with Crippen molar-refractivity contribution in [1.29, 1.82) is 0 Å². The third-order valence-corrected chi connectivity index (χ3v) is 6.50. The van der Waals surface area contributed by atoms with E-state index in [9.17, 15) is 13.2 Å². The summed E-state index contributed by atoms with van der Waals surface area (Å²) in [6.07, 6.45) is 2.00. The molecular weight excluding hydrogens is 420 g/mol. The molecule has 1 saturated heterocycles. The molecule has 0 aliphatic carbocycles. The Morgan fingerprint density at radius 3 is 2.54 bits per heavy atom. The molecule has 8 heteroatoms. The molecular formula is C18H27BrN2O4S. The van der Waals surface area contributed by atoms with E-state index in [2.05, 4.69) is 21.2 Å². The third-order valence-electron chi connectivity index (χ3n) is 4.07. The molecule has 1 aromatic rings. The molecule has 0 saturated carbocycles. The molecule has 1 aliphatic heterocycles. The number of piperidine rings is 1. The van der Waals surface area contributed by atoms with Crippen molar-refractivity contribution in [2.45, 2.75) is 57.4 Å². The first-order chi connectivity index (χ1) is 12.1. The van der Waals surface area contributed by atoms with Gasteiger partial charge < -0.3 is 10.1 Å². The van der Waals surface area contributed by atoms with E-state index < -0.39 is 21.7 Å². The topological polar surface area (TPSA) is 75.7 Å². The van der Waals surface area contributed by atoms with Crippen molar-refractivity contribution in [1.82, 2.24) is 9.62 Å². The van der Waals surface area contributed by atoms with Gasteiger partial charge in [-0.15, -0.1) is 0 Å². The first-order valence-electron chi connectivity index (χ1n) is 8.78. The van der Waals surface area contributed by atoms with Crippen LogP contribution in [0.4, 0.5) is 4.79 Å². The van der Waals surface area contributed by atoms with Crippen molar-refractivity contribution in [3.05, 3.63) is 34.3 Å².